The molecule has 0 atom stereocenters. The number of hydrogen-bond donors (Lipinski definition) is 0. The highest BCUT2D eigenvalue weighted by Crippen LogP contribution is 2.23. The zero-order valence-corrected chi connectivity index (χ0v) is 13.9. The van der Waals surface area contributed by atoms with Crippen molar-refractivity contribution in [3.05, 3.63) is 42.0 Å². The summed E-state index contributed by atoms with van der Waals surface area (Å²) in [6.45, 7) is 7.25. The Labute approximate surface area is 138 Å². The van der Waals surface area contributed by atoms with Gasteiger partial charge < -0.3 is 4.57 Å². The van der Waals surface area contributed by atoms with Crippen molar-refractivity contribution in [3.63, 3.8) is 0 Å². The van der Waals surface area contributed by atoms with Crippen LogP contribution in [0.25, 0.3) is 0 Å². The maximum Gasteiger partial charge on any atom is 0.120 e. The summed E-state index contributed by atoms with van der Waals surface area (Å²) in [6, 6.07) is 6.30. The van der Waals surface area contributed by atoms with Crippen LogP contribution in [0, 0.1) is 17.2 Å². The van der Waals surface area contributed by atoms with Crippen LogP contribution in [0.3, 0.4) is 0 Å². The van der Waals surface area contributed by atoms with Gasteiger partial charge in [0.1, 0.15) is 11.8 Å². The Morgan fingerprint density at radius 1 is 1.35 bits per heavy atom. The number of aromatic nitrogens is 3. The van der Waals surface area contributed by atoms with Gasteiger partial charge in [0, 0.05) is 38.2 Å². The smallest absolute Gasteiger partial charge is 0.120 e. The van der Waals surface area contributed by atoms with Crippen LogP contribution in [0.4, 0.5) is 0 Å². The van der Waals surface area contributed by atoms with E-state index in [2.05, 4.69) is 29.2 Å². The number of rotatable bonds is 6. The molecule has 23 heavy (non-hydrogen) atoms. The number of piperidine rings is 1. The van der Waals surface area contributed by atoms with Crippen LogP contribution in [0.5, 0.6) is 0 Å². The molecule has 1 aliphatic rings. The molecule has 1 aliphatic heterocycles. The van der Waals surface area contributed by atoms with Gasteiger partial charge in [0.15, 0.2) is 0 Å². The molecule has 0 unspecified atom stereocenters. The first-order valence-corrected chi connectivity index (χ1v) is 8.57. The number of likely N-dealkylation sites (tertiary alicyclic amines) is 1. The fourth-order valence-electron chi connectivity index (χ4n) is 3.45. The summed E-state index contributed by atoms with van der Waals surface area (Å²) in [5.41, 5.74) is 2.04. The molecule has 0 N–H and O–H groups in total. The second-order valence-electron chi connectivity index (χ2n) is 6.41. The Morgan fingerprint density at radius 2 is 2.17 bits per heavy atom. The summed E-state index contributed by atoms with van der Waals surface area (Å²) in [6.07, 6.45) is 9.77. The lowest BCUT2D eigenvalue weighted by Gasteiger charge is -2.31. The molecule has 0 aliphatic carbocycles. The van der Waals surface area contributed by atoms with Crippen molar-refractivity contribution in [2.45, 2.75) is 45.8 Å². The molecule has 0 radical (unpaired) electrons. The topological polar surface area (TPSA) is 49.8 Å². The normalized spacial score (nSPS) is 16.5. The van der Waals surface area contributed by atoms with E-state index < -0.39 is 0 Å². The van der Waals surface area contributed by atoms with E-state index in [0.29, 0.717) is 0 Å². The van der Waals surface area contributed by atoms with Crippen molar-refractivity contribution in [2.75, 3.05) is 13.1 Å². The fraction of sp³-hybridized carbons (Fsp3) is 0.556. The first-order chi connectivity index (χ1) is 11.3. The number of hydrogen-bond acceptors (Lipinski definition) is 3. The molecule has 5 nitrogen and oxygen atoms in total. The predicted octanol–water partition coefficient (Wildman–Crippen LogP) is 2.88. The Morgan fingerprint density at radius 3 is 2.78 bits per heavy atom. The van der Waals surface area contributed by atoms with E-state index in [4.69, 9.17) is 5.26 Å². The van der Waals surface area contributed by atoms with Crippen molar-refractivity contribution < 1.29 is 0 Å². The minimum Gasteiger partial charge on any atom is -0.339 e. The molecule has 3 rings (SSSR count). The van der Waals surface area contributed by atoms with Gasteiger partial charge in [-0.3, -0.25) is 9.58 Å². The minimum atomic E-state index is 0.775. The molecular formula is C18H25N5. The van der Waals surface area contributed by atoms with E-state index in [9.17, 15) is 0 Å². The van der Waals surface area contributed by atoms with Crippen LogP contribution in [-0.4, -0.2) is 32.3 Å². The quantitative estimate of drug-likeness (QED) is 0.824. The van der Waals surface area contributed by atoms with Gasteiger partial charge in [-0.05, 0) is 62.9 Å². The summed E-state index contributed by atoms with van der Waals surface area (Å²) in [5.74, 6) is 0.811. The maximum absolute atomic E-state index is 9.15. The molecule has 0 spiro atoms. The van der Waals surface area contributed by atoms with E-state index in [1.54, 1.807) is 0 Å². The van der Waals surface area contributed by atoms with Crippen LogP contribution in [-0.2, 0) is 19.6 Å². The monoisotopic (exact) mass is 311 g/mol. The second kappa shape index (κ2) is 7.47. The summed E-state index contributed by atoms with van der Waals surface area (Å²) < 4.78 is 4.06. The fourth-order valence-corrected chi connectivity index (χ4v) is 3.45. The largest absolute Gasteiger partial charge is 0.339 e. The van der Waals surface area contributed by atoms with Crippen LogP contribution >= 0.6 is 0 Å². The van der Waals surface area contributed by atoms with E-state index >= 15 is 0 Å². The van der Waals surface area contributed by atoms with Crippen molar-refractivity contribution in [2.24, 2.45) is 5.92 Å². The summed E-state index contributed by atoms with van der Waals surface area (Å²) >= 11 is 0. The summed E-state index contributed by atoms with van der Waals surface area (Å²) in [5, 5.41) is 13.4. The third kappa shape index (κ3) is 4.02. The standard InChI is InChI=1S/C18H25N5/c1-2-22-15-17(12-18(22)13-19)14-21-9-4-16(5-10-21)6-11-23-8-3-7-20-23/h3,7-8,12,15-16H,2,4-6,9-11,14H2,1H3. The Kier molecular flexibility index (Phi) is 5.14. The van der Waals surface area contributed by atoms with Crippen LogP contribution in [0.15, 0.2) is 30.7 Å². The number of aryl methyl sites for hydroxylation is 2. The Bertz CT molecular complexity index is 642. The minimum absolute atomic E-state index is 0.775. The van der Waals surface area contributed by atoms with Crippen LogP contribution in [0.2, 0.25) is 0 Å². The van der Waals surface area contributed by atoms with E-state index in [1.165, 1.54) is 24.8 Å². The molecular weight excluding hydrogens is 286 g/mol. The zero-order valence-electron chi connectivity index (χ0n) is 13.9. The molecule has 0 saturated carbocycles. The van der Waals surface area contributed by atoms with E-state index in [0.717, 1.165) is 44.3 Å². The molecule has 2 aromatic heterocycles. The summed E-state index contributed by atoms with van der Waals surface area (Å²) in [7, 11) is 0. The third-order valence-electron chi connectivity index (χ3n) is 4.85. The van der Waals surface area contributed by atoms with Gasteiger partial charge in [0.2, 0.25) is 0 Å². The Hall–Kier alpha value is -2.06. The van der Waals surface area contributed by atoms with Crippen molar-refractivity contribution in [1.29, 1.82) is 5.26 Å². The van der Waals surface area contributed by atoms with E-state index in [1.807, 2.05) is 33.8 Å². The highest BCUT2D eigenvalue weighted by molar-refractivity contribution is 5.28. The molecule has 3 heterocycles. The van der Waals surface area contributed by atoms with Gasteiger partial charge in [-0.15, -0.1) is 0 Å². The SMILES string of the molecule is CCn1cc(CN2CCC(CCn3cccn3)CC2)cc1C#N. The van der Waals surface area contributed by atoms with Crippen molar-refractivity contribution in [3.8, 4) is 6.07 Å². The lowest BCUT2D eigenvalue weighted by molar-refractivity contribution is 0.168. The second-order valence-corrected chi connectivity index (χ2v) is 6.41. The molecule has 0 amide bonds. The molecule has 2 aromatic rings. The zero-order chi connectivity index (χ0) is 16.1. The van der Waals surface area contributed by atoms with Gasteiger partial charge in [0.25, 0.3) is 0 Å². The lowest BCUT2D eigenvalue weighted by Crippen LogP contribution is -2.33. The van der Waals surface area contributed by atoms with Gasteiger partial charge >= 0.3 is 0 Å². The maximum atomic E-state index is 9.15. The highest BCUT2D eigenvalue weighted by atomic mass is 15.3. The Balaban J connectivity index is 1.45. The third-order valence-corrected chi connectivity index (χ3v) is 4.85. The van der Waals surface area contributed by atoms with Gasteiger partial charge in [0.05, 0.1) is 0 Å². The van der Waals surface area contributed by atoms with Gasteiger partial charge in [-0.25, -0.2) is 0 Å². The first-order valence-electron chi connectivity index (χ1n) is 8.57. The lowest BCUT2D eigenvalue weighted by atomic mass is 9.93. The van der Waals surface area contributed by atoms with Gasteiger partial charge in [-0.2, -0.15) is 10.4 Å². The van der Waals surface area contributed by atoms with Crippen LogP contribution in [0.1, 0.15) is 37.4 Å². The first kappa shape index (κ1) is 15.8. The van der Waals surface area contributed by atoms with Gasteiger partial charge in [-0.1, -0.05) is 0 Å². The highest BCUT2D eigenvalue weighted by Gasteiger charge is 2.19. The average molecular weight is 311 g/mol. The molecule has 1 fully saturated rings. The molecule has 0 bridgehead atoms. The number of nitrogens with zero attached hydrogens (tertiary/aromatic N) is 5. The molecule has 122 valence electrons. The van der Waals surface area contributed by atoms with Crippen LogP contribution < -0.4 is 0 Å². The molecule has 5 heteroatoms. The predicted molar refractivity (Wildman–Crippen MR) is 89.7 cm³/mol. The summed E-state index contributed by atoms with van der Waals surface area (Å²) in [4.78, 5) is 2.51. The molecule has 0 aromatic carbocycles. The average Bonchev–Trinajstić information content (AvgIpc) is 3.23. The van der Waals surface area contributed by atoms with E-state index in [-0.39, 0.29) is 0 Å². The van der Waals surface area contributed by atoms with Crippen molar-refractivity contribution in [1.82, 2.24) is 19.2 Å². The molecule has 1 saturated heterocycles. The van der Waals surface area contributed by atoms with Crippen molar-refractivity contribution >= 4 is 0 Å². The number of nitriles is 1.